The molecule has 0 saturated heterocycles. The minimum Gasteiger partial charge on any atom is -0.493 e. The second kappa shape index (κ2) is 7.74. The quantitative estimate of drug-likeness (QED) is 0.802. The molecule has 1 aromatic rings. The first-order valence-electron chi connectivity index (χ1n) is 5.72. The van der Waals surface area contributed by atoms with Gasteiger partial charge in [-0.1, -0.05) is 23.9 Å². The third kappa shape index (κ3) is 4.21. The molecule has 19 heavy (non-hydrogen) atoms. The Hall–Kier alpha value is -1.62. The normalized spacial score (nSPS) is 10.5. The summed E-state index contributed by atoms with van der Waals surface area (Å²) in [7, 11) is 4.73. The molecule has 0 spiro atoms. The first-order chi connectivity index (χ1) is 9.13. The lowest BCUT2D eigenvalue weighted by Gasteiger charge is -2.13. The van der Waals surface area contributed by atoms with Crippen molar-refractivity contribution in [3.63, 3.8) is 0 Å². The molecule has 0 aliphatic rings. The van der Waals surface area contributed by atoms with Crippen LogP contribution in [0.1, 0.15) is 12.5 Å². The van der Waals surface area contributed by atoms with Gasteiger partial charge in [0.1, 0.15) is 0 Å². The SMILES string of the molecule is COc1ccc(C=CCSC(C)=O)c(OC)c1OC. The molecule has 0 heterocycles. The second-order valence-electron chi connectivity index (χ2n) is 3.63. The number of hydrogen-bond acceptors (Lipinski definition) is 5. The maximum absolute atomic E-state index is 10.8. The number of hydrogen-bond donors (Lipinski definition) is 0. The number of rotatable bonds is 6. The van der Waals surface area contributed by atoms with Crippen molar-refractivity contribution in [2.24, 2.45) is 0 Å². The molecule has 0 atom stereocenters. The molecular weight excluding hydrogens is 264 g/mol. The van der Waals surface area contributed by atoms with Gasteiger partial charge in [0.25, 0.3) is 0 Å². The molecule has 0 aromatic heterocycles. The number of benzene rings is 1. The number of thioether (sulfide) groups is 1. The van der Waals surface area contributed by atoms with E-state index in [1.54, 1.807) is 28.3 Å². The van der Waals surface area contributed by atoms with Gasteiger partial charge in [0.2, 0.25) is 5.75 Å². The Balaban J connectivity index is 2.98. The number of methoxy groups -OCH3 is 3. The van der Waals surface area contributed by atoms with Crippen molar-refractivity contribution in [1.82, 2.24) is 0 Å². The molecule has 104 valence electrons. The standard InChI is InChI=1S/C14H18O4S/c1-10(15)19-9-5-6-11-7-8-12(16-2)14(18-4)13(11)17-3/h5-8H,9H2,1-4H3. The Morgan fingerprint density at radius 1 is 1.16 bits per heavy atom. The molecule has 0 bridgehead atoms. The van der Waals surface area contributed by atoms with Crippen LogP contribution in [0.3, 0.4) is 0 Å². The highest BCUT2D eigenvalue weighted by molar-refractivity contribution is 8.13. The molecule has 0 radical (unpaired) electrons. The summed E-state index contributed by atoms with van der Waals surface area (Å²) in [6.45, 7) is 1.55. The van der Waals surface area contributed by atoms with E-state index in [1.165, 1.54) is 11.8 Å². The van der Waals surface area contributed by atoms with E-state index >= 15 is 0 Å². The molecule has 0 unspecified atom stereocenters. The van der Waals surface area contributed by atoms with Gasteiger partial charge >= 0.3 is 0 Å². The van der Waals surface area contributed by atoms with E-state index < -0.39 is 0 Å². The maximum atomic E-state index is 10.8. The second-order valence-corrected chi connectivity index (χ2v) is 4.83. The van der Waals surface area contributed by atoms with Gasteiger partial charge in [0, 0.05) is 18.2 Å². The van der Waals surface area contributed by atoms with E-state index in [-0.39, 0.29) is 5.12 Å². The zero-order valence-electron chi connectivity index (χ0n) is 11.6. The average Bonchev–Trinajstić information content (AvgIpc) is 2.42. The van der Waals surface area contributed by atoms with Crippen LogP contribution in [-0.4, -0.2) is 32.2 Å². The van der Waals surface area contributed by atoms with Crippen molar-refractivity contribution in [1.29, 1.82) is 0 Å². The first-order valence-corrected chi connectivity index (χ1v) is 6.71. The van der Waals surface area contributed by atoms with Gasteiger partial charge < -0.3 is 14.2 Å². The van der Waals surface area contributed by atoms with Crippen LogP contribution in [0.2, 0.25) is 0 Å². The van der Waals surface area contributed by atoms with Gasteiger partial charge in [-0.3, -0.25) is 4.79 Å². The molecular formula is C14H18O4S. The maximum Gasteiger partial charge on any atom is 0.203 e. The van der Waals surface area contributed by atoms with Crippen LogP contribution < -0.4 is 14.2 Å². The average molecular weight is 282 g/mol. The highest BCUT2D eigenvalue weighted by atomic mass is 32.2. The van der Waals surface area contributed by atoms with Gasteiger partial charge in [0.15, 0.2) is 16.6 Å². The summed E-state index contributed by atoms with van der Waals surface area (Å²) in [5.41, 5.74) is 0.879. The summed E-state index contributed by atoms with van der Waals surface area (Å²) in [6.07, 6.45) is 3.81. The molecule has 0 N–H and O–H groups in total. The summed E-state index contributed by atoms with van der Waals surface area (Å²) in [5.74, 6) is 2.43. The van der Waals surface area contributed by atoms with E-state index in [2.05, 4.69) is 0 Å². The van der Waals surface area contributed by atoms with Crippen molar-refractivity contribution in [2.45, 2.75) is 6.92 Å². The lowest BCUT2D eigenvalue weighted by Crippen LogP contribution is -1.96. The third-order valence-corrected chi connectivity index (χ3v) is 3.18. The molecule has 0 aliphatic heterocycles. The largest absolute Gasteiger partial charge is 0.493 e. The smallest absolute Gasteiger partial charge is 0.203 e. The number of carbonyl (C=O) groups is 1. The van der Waals surface area contributed by atoms with Crippen molar-refractivity contribution in [3.8, 4) is 17.2 Å². The van der Waals surface area contributed by atoms with Gasteiger partial charge in [-0.05, 0) is 12.1 Å². The molecule has 4 nitrogen and oxygen atoms in total. The third-order valence-electron chi connectivity index (χ3n) is 2.41. The van der Waals surface area contributed by atoms with E-state index in [0.29, 0.717) is 23.0 Å². The molecule has 0 aliphatic carbocycles. The van der Waals surface area contributed by atoms with E-state index in [0.717, 1.165) is 5.56 Å². The Labute approximate surface area is 117 Å². The van der Waals surface area contributed by atoms with E-state index in [9.17, 15) is 4.79 Å². The topological polar surface area (TPSA) is 44.8 Å². The van der Waals surface area contributed by atoms with Crippen LogP contribution in [0.15, 0.2) is 18.2 Å². The summed E-state index contributed by atoms with van der Waals surface area (Å²) >= 11 is 1.26. The summed E-state index contributed by atoms with van der Waals surface area (Å²) in [5, 5.41) is 0.101. The van der Waals surface area contributed by atoms with Crippen LogP contribution in [0, 0.1) is 0 Å². The van der Waals surface area contributed by atoms with Gasteiger partial charge in [0.05, 0.1) is 21.3 Å². The Bertz CT molecular complexity index is 469. The van der Waals surface area contributed by atoms with Crippen LogP contribution in [0.5, 0.6) is 17.2 Å². The van der Waals surface area contributed by atoms with Crippen LogP contribution >= 0.6 is 11.8 Å². The zero-order valence-corrected chi connectivity index (χ0v) is 12.4. The minimum atomic E-state index is 0.101. The Morgan fingerprint density at radius 3 is 2.37 bits per heavy atom. The van der Waals surface area contributed by atoms with E-state index in [4.69, 9.17) is 14.2 Å². The molecule has 0 amide bonds. The fourth-order valence-electron chi connectivity index (χ4n) is 1.60. The van der Waals surface area contributed by atoms with Crippen molar-refractivity contribution < 1.29 is 19.0 Å². The molecule has 0 fully saturated rings. The first kappa shape index (κ1) is 15.4. The lowest BCUT2D eigenvalue weighted by molar-refractivity contribution is -0.109. The van der Waals surface area contributed by atoms with Crippen LogP contribution in [0.25, 0.3) is 6.08 Å². The fourth-order valence-corrected chi connectivity index (χ4v) is 2.02. The van der Waals surface area contributed by atoms with Crippen LogP contribution in [0.4, 0.5) is 0 Å². The summed E-state index contributed by atoms with van der Waals surface area (Å²) in [6, 6.07) is 3.70. The van der Waals surface area contributed by atoms with Gasteiger partial charge in [-0.2, -0.15) is 0 Å². The number of ether oxygens (including phenoxy) is 3. The highest BCUT2D eigenvalue weighted by Gasteiger charge is 2.13. The van der Waals surface area contributed by atoms with Crippen molar-refractivity contribution >= 4 is 23.0 Å². The van der Waals surface area contributed by atoms with E-state index in [1.807, 2.05) is 24.3 Å². The minimum absolute atomic E-state index is 0.101. The molecule has 1 aromatic carbocycles. The van der Waals surface area contributed by atoms with Gasteiger partial charge in [-0.15, -0.1) is 0 Å². The molecule has 0 saturated carbocycles. The van der Waals surface area contributed by atoms with Gasteiger partial charge in [-0.25, -0.2) is 0 Å². The fraction of sp³-hybridized carbons (Fsp3) is 0.357. The summed E-state index contributed by atoms with van der Waals surface area (Å²) < 4.78 is 15.9. The predicted molar refractivity (Wildman–Crippen MR) is 78.3 cm³/mol. The monoisotopic (exact) mass is 282 g/mol. The Morgan fingerprint density at radius 2 is 1.84 bits per heavy atom. The highest BCUT2D eigenvalue weighted by Crippen LogP contribution is 2.40. The summed E-state index contributed by atoms with van der Waals surface area (Å²) in [4.78, 5) is 10.8. The molecule has 1 rings (SSSR count). The zero-order chi connectivity index (χ0) is 14.3. The van der Waals surface area contributed by atoms with Crippen molar-refractivity contribution in [2.75, 3.05) is 27.1 Å². The Kier molecular flexibility index (Phi) is 6.29. The predicted octanol–water partition coefficient (Wildman–Crippen LogP) is 3.01. The van der Waals surface area contributed by atoms with Crippen LogP contribution in [-0.2, 0) is 4.79 Å². The molecule has 5 heteroatoms. The van der Waals surface area contributed by atoms with Crippen molar-refractivity contribution in [3.05, 3.63) is 23.8 Å². The lowest BCUT2D eigenvalue weighted by atomic mass is 10.1. The number of carbonyl (C=O) groups excluding carboxylic acids is 1.